The van der Waals surface area contributed by atoms with Crippen LogP contribution in [0.1, 0.15) is 26.1 Å². The molecule has 0 radical (unpaired) electrons. The number of para-hydroxylation sites is 2. The number of rotatable bonds is 3. The molecule has 2 aromatic rings. The lowest BCUT2D eigenvalue weighted by Gasteiger charge is -1.98. The first-order chi connectivity index (χ1) is 8.20. The lowest BCUT2D eigenvalue weighted by Crippen LogP contribution is -1.88. The highest BCUT2D eigenvalue weighted by Gasteiger charge is 2.06. The predicted molar refractivity (Wildman–Crippen MR) is 69.1 cm³/mol. The number of hydrogen-bond donors (Lipinski definition) is 1. The first-order valence-electron chi connectivity index (χ1n) is 5.76. The maximum Gasteiger partial charge on any atom is 0.148 e. The number of aromatic amines is 1. The zero-order valence-electron chi connectivity index (χ0n) is 10.1. The summed E-state index contributed by atoms with van der Waals surface area (Å²) >= 11 is 0. The fourth-order valence-electron chi connectivity index (χ4n) is 1.63. The Morgan fingerprint density at radius 3 is 2.88 bits per heavy atom. The Labute approximate surface area is 101 Å². The largest absolute Gasteiger partial charge is 0.337 e. The van der Waals surface area contributed by atoms with Gasteiger partial charge in [0, 0.05) is 0 Å². The van der Waals surface area contributed by atoms with Crippen LogP contribution in [0.2, 0.25) is 0 Å². The van der Waals surface area contributed by atoms with Gasteiger partial charge in [0.05, 0.1) is 16.6 Å². The molecule has 0 saturated carbocycles. The minimum Gasteiger partial charge on any atom is -0.337 e. The van der Waals surface area contributed by atoms with Gasteiger partial charge in [-0.3, -0.25) is 0 Å². The highest BCUT2D eigenvalue weighted by Crippen LogP contribution is 2.17. The number of aromatic nitrogens is 2. The van der Waals surface area contributed by atoms with Crippen LogP contribution in [0.3, 0.4) is 0 Å². The minimum absolute atomic E-state index is 0.544. The molecule has 0 unspecified atom stereocenters. The van der Waals surface area contributed by atoms with Crippen molar-refractivity contribution in [2.45, 2.75) is 20.3 Å². The molecule has 1 aromatic carbocycles. The first kappa shape index (κ1) is 11.4. The second-order valence-electron chi connectivity index (χ2n) is 4.46. The molecular formula is C14H15N3. The number of benzene rings is 1. The second-order valence-corrected chi connectivity index (χ2v) is 4.46. The van der Waals surface area contributed by atoms with E-state index < -0.39 is 0 Å². The monoisotopic (exact) mass is 225 g/mol. The molecule has 0 amide bonds. The standard InChI is InChI=1S/C14H15N3/c1-10(2)7-8-11(9-15)14-16-12-5-3-4-6-13(12)17-14/h3-6,8,10H,7H2,1-2H3,(H,16,17). The normalized spacial score (nSPS) is 12.0. The summed E-state index contributed by atoms with van der Waals surface area (Å²) in [6.07, 6.45) is 2.84. The van der Waals surface area contributed by atoms with Gasteiger partial charge in [-0.05, 0) is 24.5 Å². The Balaban J connectivity index is 2.37. The van der Waals surface area contributed by atoms with Gasteiger partial charge in [0.1, 0.15) is 11.9 Å². The maximum absolute atomic E-state index is 9.14. The summed E-state index contributed by atoms with van der Waals surface area (Å²) in [6.45, 7) is 4.26. The van der Waals surface area contributed by atoms with E-state index in [4.69, 9.17) is 5.26 Å². The average molecular weight is 225 g/mol. The van der Waals surface area contributed by atoms with Crippen LogP contribution in [0.15, 0.2) is 30.3 Å². The lowest BCUT2D eigenvalue weighted by molar-refractivity contribution is 0.664. The summed E-state index contributed by atoms with van der Waals surface area (Å²) in [5.74, 6) is 1.21. The first-order valence-corrected chi connectivity index (χ1v) is 5.76. The fraction of sp³-hybridized carbons (Fsp3) is 0.286. The van der Waals surface area contributed by atoms with Gasteiger partial charge in [0.25, 0.3) is 0 Å². The molecule has 86 valence electrons. The van der Waals surface area contributed by atoms with Crippen LogP contribution in [0.5, 0.6) is 0 Å². The minimum atomic E-state index is 0.544. The van der Waals surface area contributed by atoms with E-state index in [1.807, 2.05) is 30.3 Å². The number of hydrogen-bond acceptors (Lipinski definition) is 2. The molecule has 3 nitrogen and oxygen atoms in total. The molecule has 3 heteroatoms. The molecule has 0 aliphatic carbocycles. The molecule has 0 atom stereocenters. The molecule has 1 N–H and O–H groups in total. The number of nitrogens with one attached hydrogen (secondary N) is 1. The quantitative estimate of drug-likeness (QED) is 0.812. The van der Waals surface area contributed by atoms with E-state index in [1.54, 1.807) is 0 Å². The van der Waals surface area contributed by atoms with Crippen LogP contribution in [-0.2, 0) is 0 Å². The van der Waals surface area contributed by atoms with Gasteiger partial charge in [-0.25, -0.2) is 4.98 Å². The molecule has 0 spiro atoms. The molecule has 0 bridgehead atoms. The maximum atomic E-state index is 9.14. The number of allylic oxidation sites excluding steroid dienone is 2. The van der Waals surface area contributed by atoms with Crippen LogP contribution >= 0.6 is 0 Å². The zero-order chi connectivity index (χ0) is 12.3. The Bertz CT molecular complexity index is 552. The Hall–Kier alpha value is -2.08. The van der Waals surface area contributed by atoms with Gasteiger partial charge < -0.3 is 4.98 Å². The van der Waals surface area contributed by atoms with Gasteiger partial charge >= 0.3 is 0 Å². The van der Waals surface area contributed by atoms with Crippen molar-refractivity contribution < 1.29 is 0 Å². The van der Waals surface area contributed by atoms with E-state index >= 15 is 0 Å². The highest BCUT2D eigenvalue weighted by molar-refractivity contribution is 5.81. The summed E-state index contributed by atoms with van der Waals surface area (Å²) in [4.78, 5) is 7.58. The van der Waals surface area contributed by atoms with Crippen molar-refractivity contribution in [1.29, 1.82) is 5.26 Å². The topological polar surface area (TPSA) is 52.5 Å². The molecule has 0 aliphatic heterocycles. The molecule has 0 saturated heterocycles. The van der Waals surface area contributed by atoms with Crippen molar-refractivity contribution in [2.75, 3.05) is 0 Å². The van der Waals surface area contributed by atoms with E-state index in [1.165, 1.54) is 0 Å². The Morgan fingerprint density at radius 1 is 1.47 bits per heavy atom. The van der Waals surface area contributed by atoms with Crippen LogP contribution in [0.25, 0.3) is 16.6 Å². The van der Waals surface area contributed by atoms with Gasteiger partial charge in [-0.2, -0.15) is 5.26 Å². The van der Waals surface area contributed by atoms with Crippen LogP contribution in [0.4, 0.5) is 0 Å². The predicted octanol–water partition coefficient (Wildman–Crippen LogP) is 3.52. The van der Waals surface area contributed by atoms with Gasteiger partial charge in [-0.1, -0.05) is 32.1 Å². The number of H-pyrrole nitrogens is 1. The molecule has 0 fully saturated rings. The Kier molecular flexibility index (Phi) is 3.24. The van der Waals surface area contributed by atoms with E-state index in [2.05, 4.69) is 29.9 Å². The van der Waals surface area contributed by atoms with E-state index in [0.717, 1.165) is 17.5 Å². The van der Waals surface area contributed by atoms with Crippen molar-refractivity contribution in [3.8, 4) is 6.07 Å². The third-order valence-corrected chi connectivity index (χ3v) is 2.56. The van der Waals surface area contributed by atoms with Crippen molar-refractivity contribution in [3.63, 3.8) is 0 Å². The van der Waals surface area contributed by atoms with Crippen LogP contribution in [0, 0.1) is 17.2 Å². The lowest BCUT2D eigenvalue weighted by atomic mass is 10.1. The van der Waals surface area contributed by atoms with Gasteiger partial charge in [0.2, 0.25) is 0 Å². The molecule has 17 heavy (non-hydrogen) atoms. The van der Waals surface area contributed by atoms with Gasteiger partial charge in [0.15, 0.2) is 0 Å². The summed E-state index contributed by atoms with van der Waals surface area (Å²) in [7, 11) is 0. The molecule has 1 heterocycles. The van der Waals surface area contributed by atoms with E-state index in [9.17, 15) is 0 Å². The van der Waals surface area contributed by atoms with Crippen molar-refractivity contribution in [2.24, 2.45) is 5.92 Å². The van der Waals surface area contributed by atoms with Crippen molar-refractivity contribution >= 4 is 16.6 Å². The molecule has 1 aromatic heterocycles. The molecular weight excluding hydrogens is 210 g/mol. The van der Waals surface area contributed by atoms with Crippen molar-refractivity contribution in [1.82, 2.24) is 9.97 Å². The number of nitrogens with zero attached hydrogens (tertiary/aromatic N) is 2. The Morgan fingerprint density at radius 2 is 2.24 bits per heavy atom. The van der Waals surface area contributed by atoms with Crippen LogP contribution < -0.4 is 0 Å². The second kappa shape index (κ2) is 4.84. The van der Waals surface area contributed by atoms with E-state index in [-0.39, 0.29) is 0 Å². The molecule has 2 rings (SSSR count). The van der Waals surface area contributed by atoms with Gasteiger partial charge in [-0.15, -0.1) is 0 Å². The van der Waals surface area contributed by atoms with Crippen LogP contribution in [-0.4, -0.2) is 9.97 Å². The number of imidazole rings is 1. The summed E-state index contributed by atoms with van der Waals surface area (Å²) in [6, 6.07) is 9.99. The molecule has 0 aliphatic rings. The van der Waals surface area contributed by atoms with E-state index in [0.29, 0.717) is 17.3 Å². The third kappa shape index (κ3) is 2.54. The summed E-state index contributed by atoms with van der Waals surface area (Å²) in [5, 5.41) is 9.14. The number of nitriles is 1. The third-order valence-electron chi connectivity index (χ3n) is 2.56. The number of fused-ring (bicyclic) bond motifs is 1. The zero-order valence-corrected chi connectivity index (χ0v) is 10.1. The average Bonchev–Trinajstić information content (AvgIpc) is 2.72. The van der Waals surface area contributed by atoms with Crippen molar-refractivity contribution in [3.05, 3.63) is 36.2 Å². The fourth-order valence-corrected chi connectivity index (χ4v) is 1.63. The SMILES string of the molecule is CC(C)CC=C(C#N)c1nc2ccccc2[nH]1. The smallest absolute Gasteiger partial charge is 0.148 e. The summed E-state index contributed by atoms with van der Waals surface area (Å²) in [5.41, 5.74) is 2.48. The highest BCUT2D eigenvalue weighted by atomic mass is 14.9. The summed E-state index contributed by atoms with van der Waals surface area (Å²) < 4.78 is 0.